The van der Waals surface area contributed by atoms with E-state index >= 15 is 0 Å². The van der Waals surface area contributed by atoms with Crippen molar-refractivity contribution >= 4 is 11.8 Å². The van der Waals surface area contributed by atoms with Crippen LogP contribution in [0.4, 0.5) is 0 Å². The smallest absolute Gasteiger partial charge is 0.217 e. The average molecular weight is 733 g/mol. The van der Waals surface area contributed by atoms with E-state index in [9.17, 15) is 65.8 Å². The fourth-order valence-corrected chi connectivity index (χ4v) is 6.29. The molecule has 4 heterocycles. The molecule has 4 fully saturated rings. The molecule has 0 aliphatic carbocycles. The third kappa shape index (κ3) is 8.70. The van der Waals surface area contributed by atoms with E-state index in [2.05, 4.69) is 10.6 Å². The fourth-order valence-electron chi connectivity index (χ4n) is 6.29. The lowest BCUT2D eigenvalue weighted by Gasteiger charge is -2.51. The third-order valence-corrected chi connectivity index (χ3v) is 8.97. The molecule has 50 heavy (non-hydrogen) atoms. The second-order valence-corrected chi connectivity index (χ2v) is 12.6. The minimum absolute atomic E-state index is 0.669. The van der Waals surface area contributed by atoms with Crippen molar-refractivity contribution in [1.82, 2.24) is 10.6 Å². The molecule has 1 unspecified atom stereocenters. The van der Waals surface area contributed by atoms with Crippen LogP contribution in [0, 0.1) is 0 Å². The molecule has 0 saturated carbocycles. The molecule has 4 rings (SSSR count). The summed E-state index contributed by atoms with van der Waals surface area (Å²) in [6, 6.07) is -3.08. The van der Waals surface area contributed by atoms with Gasteiger partial charge in [-0.2, -0.15) is 0 Å². The number of carbonyl (C=O) groups is 2. The maximum Gasteiger partial charge on any atom is 0.217 e. The van der Waals surface area contributed by atoms with Crippen molar-refractivity contribution in [2.45, 2.75) is 143 Å². The molecule has 0 aromatic rings. The zero-order valence-corrected chi connectivity index (χ0v) is 27.3. The third-order valence-electron chi connectivity index (χ3n) is 8.97. The highest BCUT2D eigenvalue weighted by atomic mass is 16.8. The highest BCUT2D eigenvalue weighted by Crippen LogP contribution is 2.35. The van der Waals surface area contributed by atoms with Crippen LogP contribution in [0.2, 0.25) is 0 Å². The van der Waals surface area contributed by atoms with Gasteiger partial charge in [0.1, 0.15) is 91.4 Å². The quantitative estimate of drug-likeness (QED) is 0.0938. The summed E-state index contributed by atoms with van der Waals surface area (Å²) < 4.78 is 40.4. The van der Waals surface area contributed by atoms with E-state index in [0.29, 0.717) is 0 Å². The lowest BCUT2D eigenvalue weighted by Crippen LogP contribution is -2.71. The van der Waals surface area contributed by atoms with Gasteiger partial charge in [0.15, 0.2) is 25.2 Å². The molecule has 2 amide bonds. The average Bonchev–Trinajstić information content (AvgIpc) is 3.07. The lowest BCUT2D eigenvalue weighted by molar-refractivity contribution is -0.382. The number of hydrogen-bond acceptors (Lipinski definition) is 20. The standard InChI is InChI=1S/C28H48N2O20/c1-7-15(36)18(39)20(41)27(44-7)50-24-14(30-9(3)35)26(48-22-11(5-32)45-25(43)13(17(22)38)29-8(2)34)47-12(6-33)23(24)49-28-21(42)19(40)16(37)10(4-31)46-28/h7,10-28,31-33,36-43H,4-6H2,1-3H3,(H,29,34)(H,30,35)/t7-,10+,11+,12+,13+,14+,15+,16+,17+,18+,19-,20-,21-,22+,23+,24+,25?,26-,27-,28-/m0/s1. The van der Waals surface area contributed by atoms with Crippen LogP contribution in [0.3, 0.4) is 0 Å². The molecule has 13 N–H and O–H groups in total. The van der Waals surface area contributed by atoms with Crippen molar-refractivity contribution in [3.63, 3.8) is 0 Å². The zero-order chi connectivity index (χ0) is 37.2. The van der Waals surface area contributed by atoms with E-state index in [1.165, 1.54) is 6.92 Å². The normalized spacial score (nSPS) is 48.5. The van der Waals surface area contributed by atoms with Crippen LogP contribution in [0.1, 0.15) is 20.8 Å². The number of aliphatic hydroxyl groups is 11. The molecular formula is C28H48N2O20. The van der Waals surface area contributed by atoms with E-state index in [4.69, 9.17) is 33.2 Å². The summed E-state index contributed by atoms with van der Waals surface area (Å²) in [6.45, 7) is 0.940. The van der Waals surface area contributed by atoms with Crippen molar-refractivity contribution < 1.29 is 98.9 Å². The fraction of sp³-hybridized carbons (Fsp3) is 0.929. The van der Waals surface area contributed by atoms with E-state index in [1.54, 1.807) is 0 Å². The Bertz CT molecular complexity index is 1120. The molecule has 4 aliphatic heterocycles. The molecule has 0 spiro atoms. The van der Waals surface area contributed by atoms with Gasteiger partial charge < -0.3 is 100.0 Å². The first-order valence-electron chi connectivity index (χ1n) is 15.9. The van der Waals surface area contributed by atoms with E-state index in [0.717, 1.165) is 13.8 Å². The minimum atomic E-state index is -1.97. The number of nitrogens with one attached hydrogen (secondary N) is 2. The zero-order valence-electron chi connectivity index (χ0n) is 27.3. The van der Waals surface area contributed by atoms with Crippen LogP contribution >= 0.6 is 0 Å². The second kappa shape index (κ2) is 17.4. The van der Waals surface area contributed by atoms with Crippen LogP contribution in [0.25, 0.3) is 0 Å². The molecule has 0 bridgehead atoms. The molecule has 20 atom stereocenters. The van der Waals surface area contributed by atoms with Crippen molar-refractivity contribution in [3.8, 4) is 0 Å². The van der Waals surface area contributed by atoms with Crippen LogP contribution in [-0.2, 0) is 42.7 Å². The number of ether oxygens (including phenoxy) is 7. The van der Waals surface area contributed by atoms with Gasteiger partial charge in [-0.15, -0.1) is 0 Å². The highest BCUT2D eigenvalue weighted by molar-refractivity contribution is 5.73. The van der Waals surface area contributed by atoms with Gasteiger partial charge in [0, 0.05) is 13.8 Å². The predicted octanol–water partition coefficient (Wildman–Crippen LogP) is -8.43. The number of hydrogen-bond donors (Lipinski definition) is 13. The van der Waals surface area contributed by atoms with Gasteiger partial charge >= 0.3 is 0 Å². The Morgan fingerprint density at radius 2 is 0.980 bits per heavy atom. The summed E-state index contributed by atoms with van der Waals surface area (Å²) in [5, 5.41) is 119. The molecular weight excluding hydrogens is 684 g/mol. The monoisotopic (exact) mass is 732 g/mol. The topological polar surface area (TPSA) is 345 Å². The summed E-state index contributed by atoms with van der Waals surface area (Å²) in [6.07, 6.45) is -30.5. The molecule has 22 nitrogen and oxygen atoms in total. The predicted molar refractivity (Wildman–Crippen MR) is 156 cm³/mol. The highest BCUT2D eigenvalue weighted by Gasteiger charge is 2.56. The number of aliphatic hydroxyl groups excluding tert-OH is 11. The lowest BCUT2D eigenvalue weighted by atomic mass is 9.93. The van der Waals surface area contributed by atoms with Gasteiger partial charge in [0.25, 0.3) is 0 Å². The first-order chi connectivity index (χ1) is 23.5. The summed E-state index contributed by atoms with van der Waals surface area (Å²) in [7, 11) is 0. The Hall–Kier alpha value is -1.78. The van der Waals surface area contributed by atoms with Crippen LogP contribution in [-0.4, -0.2) is 211 Å². The van der Waals surface area contributed by atoms with E-state index in [1.807, 2.05) is 0 Å². The van der Waals surface area contributed by atoms with Gasteiger partial charge in [0.2, 0.25) is 11.8 Å². The Balaban J connectivity index is 1.74. The van der Waals surface area contributed by atoms with Crippen molar-refractivity contribution in [3.05, 3.63) is 0 Å². The van der Waals surface area contributed by atoms with Crippen molar-refractivity contribution in [2.24, 2.45) is 0 Å². The van der Waals surface area contributed by atoms with E-state index < -0.39 is 154 Å². The maximum absolute atomic E-state index is 12.6. The Morgan fingerprint density at radius 1 is 0.520 bits per heavy atom. The second-order valence-electron chi connectivity index (χ2n) is 12.6. The summed E-state index contributed by atoms with van der Waals surface area (Å²) in [5.74, 6) is -1.42. The molecule has 4 saturated heterocycles. The number of carbonyl (C=O) groups excluding carboxylic acids is 2. The van der Waals surface area contributed by atoms with Crippen LogP contribution < -0.4 is 10.6 Å². The number of amides is 2. The van der Waals surface area contributed by atoms with Gasteiger partial charge in [-0.1, -0.05) is 0 Å². The first kappa shape index (κ1) is 41.0. The molecule has 290 valence electrons. The van der Waals surface area contributed by atoms with Gasteiger partial charge in [-0.3, -0.25) is 9.59 Å². The molecule has 0 aromatic heterocycles. The van der Waals surface area contributed by atoms with Crippen molar-refractivity contribution in [2.75, 3.05) is 19.8 Å². The van der Waals surface area contributed by atoms with Crippen molar-refractivity contribution in [1.29, 1.82) is 0 Å². The SMILES string of the molecule is CC(=O)N[C@H]1[C@H](O[C@H]2[C@H](O)[C@@H](NC(C)=O)C(O)O[C@@H]2CO)O[C@H](CO)[C@@H](O[C@@H]2O[C@H](CO)[C@@H](O)[C@H](O)[C@@H]2O)[C@@H]1O[C@@H]1O[C@@H](C)[C@@H](O)[C@@H](O)[C@@H]1O. The Labute approximate surface area is 285 Å². The molecule has 0 radical (unpaired) electrons. The minimum Gasteiger partial charge on any atom is -0.394 e. The van der Waals surface area contributed by atoms with E-state index in [-0.39, 0.29) is 0 Å². The Morgan fingerprint density at radius 3 is 1.54 bits per heavy atom. The number of rotatable bonds is 11. The van der Waals surface area contributed by atoms with Gasteiger partial charge in [-0.05, 0) is 6.92 Å². The maximum atomic E-state index is 12.6. The van der Waals surface area contributed by atoms with Gasteiger partial charge in [0.05, 0.1) is 25.9 Å². The molecule has 0 aromatic carbocycles. The largest absolute Gasteiger partial charge is 0.394 e. The van der Waals surface area contributed by atoms with Gasteiger partial charge in [-0.25, -0.2) is 0 Å². The van der Waals surface area contributed by atoms with Crippen LogP contribution in [0.5, 0.6) is 0 Å². The van der Waals surface area contributed by atoms with Crippen LogP contribution in [0.15, 0.2) is 0 Å². The summed E-state index contributed by atoms with van der Waals surface area (Å²) in [5.41, 5.74) is 0. The Kier molecular flexibility index (Phi) is 14.2. The molecule has 22 heteroatoms. The molecule has 4 aliphatic rings. The summed E-state index contributed by atoms with van der Waals surface area (Å²) in [4.78, 5) is 24.4. The summed E-state index contributed by atoms with van der Waals surface area (Å²) >= 11 is 0. The first-order valence-corrected chi connectivity index (χ1v) is 15.9.